The lowest BCUT2D eigenvalue weighted by molar-refractivity contribution is 0.173. The lowest BCUT2D eigenvalue weighted by atomic mass is 9.77. The average Bonchev–Trinajstić information content (AvgIpc) is 2.64. The molecule has 1 fully saturated rings. The second-order valence-corrected chi connectivity index (χ2v) is 11.8. The molecule has 0 spiro atoms. The van der Waals surface area contributed by atoms with Crippen molar-refractivity contribution in [1.29, 1.82) is 0 Å². The second-order valence-electron chi connectivity index (χ2n) is 8.51. The monoisotopic (exact) mass is 453 g/mol. The fourth-order valence-electron chi connectivity index (χ4n) is 4.64. The van der Waals surface area contributed by atoms with Crippen molar-refractivity contribution in [2.45, 2.75) is 63.3 Å². The molecule has 1 aliphatic carbocycles. The SMILES string of the molecule is C=CC[C@@]1(C)C[C@H](C2=CCCC(Cl)=C2)[C@@H](c2ccc(Cl)cc2)N(C(C)C)S1(=O)=O. The van der Waals surface area contributed by atoms with Crippen LogP contribution in [0, 0.1) is 5.92 Å². The van der Waals surface area contributed by atoms with Crippen LogP contribution in [0.2, 0.25) is 5.02 Å². The van der Waals surface area contributed by atoms with E-state index in [0.29, 0.717) is 17.9 Å². The van der Waals surface area contributed by atoms with Crippen LogP contribution in [0.1, 0.15) is 58.1 Å². The number of nitrogens with zero attached hydrogens (tertiary/aromatic N) is 1. The molecule has 0 bridgehead atoms. The Kier molecular flexibility index (Phi) is 6.69. The molecule has 0 saturated carbocycles. The summed E-state index contributed by atoms with van der Waals surface area (Å²) in [4.78, 5) is 0. The predicted octanol–water partition coefficient (Wildman–Crippen LogP) is 6.62. The molecule has 1 aliphatic heterocycles. The molecular weight excluding hydrogens is 425 g/mol. The molecule has 3 rings (SSSR count). The Bertz CT molecular complexity index is 934. The minimum absolute atomic E-state index is 0.00102. The Labute approximate surface area is 185 Å². The maximum atomic E-state index is 13.8. The number of hydrogen-bond acceptors (Lipinski definition) is 2. The van der Waals surface area contributed by atoms with Crippen molar-refractivity contribution in [3.05, 3.63) is 70.3 Å². The third kappa shape index (κ3) is 4.23. The lowest BCUT2D eigenvalue weighted by Gasteiger charge is -2.51. The summed E-state index contributed by atoms with van der Waals surface area (Å²) in [5.41, 5.74) is 2.07. The van der Waals surface area contributed by atoms with E-state index in [1.807, 2.05) is 51.1 Å². The summed E-state index contributed by atoms with van der Waals surface area (Å²) < 4.78 is 28.4. The number of halogens is 2. The normalized spacial score (nSPS) is 30.0. The van der Waals surface area contributed by atoms with E-state index in [-0.39, 0.29) is 18.0 Å². The predicted molar refractivity (Wildman–Crippen MR) is 123 cm³/mol. The number of sulfonamides is 1. The Morgan fingerprint density at radius 3 is 2.48 bits per heavy atom. The zero-order valence-corrected chi connectivity index (χ0v) is 19.6. The van der Waals surface area contributed by atoms with Crippen LogP contribution in [-0.2, 0) is 10.0 Å². The molecule has 6 heteroatoms. The van der Waals surface area contributed by atoms with Gasteiger partial charge >= 0.3 is 0 Å². The maximum absolute atomic E-state index is 13.8. The summed E-state index contributed by atoms with van der Waals surface area (Å²) >= 11 is 12.5. The van der Waals surface area contributed by atoms with Crippen LogP contribution in [0.3, 0.4) is 0 Å². The summed E-state index contributed by atoms with van der Waals surface area (Å²) in [5.74, 6) is 0.00102. The number of hydrogen-bond donors (Lipinski definition) is 0. The van der Waals surface area contributed by atoms with Crippen LogP contribution in [0.25, 0.3) is 0 Å². The number of rotatable bonds is 5. The van der Waals surface area contributed by atoms with E-state index in [2.05, 4.69) is 12.7 Å². The molecule has 1 aromatic carbocycles. The minimum atomic E-state index is -3.57. The van der Waals surface area contributed by atoms with Gasteiger partial charge in [-0.05, 0) is 75.8 Å². The van der Waals surface area contributed by atoms with E-state index in [0.717, 1.165) is 29.0 Å². The van der Waals surface area contributed by atoms with Gasteiger partial charge in [0.05, 0.1) is 10.8 Å². The van der Waals surface area contributed by atoms with Gasteiger partial charge in [0, 0.05) is 22.0 Å². The van der Waals surface area contributed by atoms with E-state index < -0.39 is 14.8 Å². The van der Waals surface area contributed by atoms with Crippen molar-refractivity contribution in [2.24, 2.45) is 5.92 Å². The molecule has 0 unspecified atom stereocenters. The van der Waals surface area contributed by atoms with Gasteiger partial charge in [0.15, 0.2) is 0 Å². The number of benzene rings is 1. The van der Waals surface area contributed by atoms with Crippen LogP contribution in [0.4, 0.5) is 0 Å². The first-order chi connectivity index (χ1) is 13.6. The topological polar surface area (TPSA) is 37.4 Å². The highest BCUT2D eigenvalue weighted by atomic mass is 35.5. The molecule has 0 N–H and O–H groups in total. The highest BCUT2D eigenvalue weighted by Crippen LogP contribution is 2.51. The van der Waals surface area contributed by atoms with Gasteiger partial charge in [-0.1, -0.05) is 47.5 Å². The zero-order chi connectivity index (χ0) is 21.4. The molecule has 0 radical (unpaired) electrons. The van der Waals surface area contributed by atoms with Crippen molar-refractivity contribution in [3.8, 4) is 0 Å². The van der Waals surface area contributed by atoms with Gasteiger partial charge < -0.3 is 0 Å². The van der Waals surface area contributed by atoms with Crippen LogP contribution in [0.5, 0.6) is 0 Å². The van der Waals surface area contributed by atoms with Crippen molar-refractivity contribution in [1.82, 2.24) is 4.31 Å². The molecule has 3 nitrogen and oxygen atoms in total. The van der Waals surface area contributed by atoms with Crippen molar-refractivity contribution in [2.75, 3.05) is 0 Å². The van der Waals surface area contributed by atoms with E-state index in [9.17, 15) is 8.42 Å². The molecule has 1 aromatic rings. The first kappa shape index (κ1) is 22.6. The fraction of sp³-hybridized carbons (Fsp3) is 0.478. The minimum Gasteiger partial charge on any atom is -0.212 e. The summed E-state index contributed by atoms with van der Waals surface area (Å²) in [6, 6.07) is 7.05. The van der Waals surface area contributed by atoms with E-state index in [4.69, 9.17) is 23.2 Å². The molecule has 29 heavy (non-hydrogen) atoms. The third-order valence-electron chi connectivity index (χ3n) is 6.02. The van der Waals surface area contributed by atoms with Gasteiger partial charge in [-0.3, -0.25) is 0 Å². The standard InChI is InChI=1S/C23H29Cl2NO2S/c1-5-13-23(4)15-21(18-7-6-8-20(25)14-18)22(17-9-11-19(24)12-10-17)26(16(2)3)29(23,27)28/h5,7,9-12,14,16,21-22H,1,6,8,13,15H2,2-4H3/t21-,22-,23+/m1/s1. The quantitative estimate of drug-likeness (QED) is 0.469. The Morgan fingerprint density at radius 2 is 1.93 bits per heavy atom. The molecule has 158 valence electrons. The Morgan fingerprint density at radius 1 is 1.28 bits per heavy atom. The van der Waals surface area contributed by atoms with Crippen LogP contribution >= 0.6 is 23.2 Å². The van der Waals surface area contributed by atoms with Gasteiger partial charge in [-0.2, -0.15) is 4.31 Å². The van der Waals surface area contributed by atoms with Crippen molar-refractivity contribution in [3.63, 3.8) is 0 Å². The Balaban J connectivity index is 2.22. The molecule has 0 aromatic heterocycles. The van der Waals surface area contributed by atoms with Crippen LogP contribution in [0.15, 0.2) is 59.7 Å². The largest absolute Gasteiger partial charge is 0.220 e. The van der Waals surface area contributed by atoms with Crippen molar-refractivity contribution >= 4 is 33.2 Å². The van der Waals surface area contributed by atoms with Gasteiger partial charge in [-0.25, -0.2) is 8.42 Å². The average molecular weight is 454 g/mol. The number of allylic oxidation sites excluding steroid dienone is 4. The molecule has 2 aliphatic rings. The first-order valence-electron chi connectivity index (χ1n) is 10.1. The van der Waals surface area contributed by atoms with E-state index >= 15 is 0 Å². The lowest BCUT2D eigenvalue weighted by Crippen LogP contribution is -2.57. The molecule has 3 atom stereocenters. The molecular formula is C23H29Cl2NO2S. The summed E-state index contributed by atoms with van der Waals surface area (Å²) in [7, 11) is -3.57. The molecule has 1 heterocycles. The van der Waals surface area contributed by atoms with Crippen molar-refractivity contribution < 1.29 is 8.42 Å². The van der Waals surface area contributed by atoms with E-state index in [1.54, 1.807) is 10.4 Å². The summed E-state index contributed by atoms with van der Waals surface area (Å²) in [6.45, 7) is 9.55. The maximum Gasteiger partial charge on any atom is 0.220 e. The molecule has 0 amide bonds. The fourth-order valence-corrected chi connectivity index (χ4v) is 7.35. The van der Waals surface area contributed by atoms with Gasteiger partial charge in [-0.15, -0.1) is 6.58 Å². The highest BCUT2D eigenvalue weighted by molar-refractivity contribution is 7.90. The smallest absolute Gasteiger partial charge is 0.212 e. The third-order valence-corrected chi connectivity index (χ3v) is 9.35. The highest BCUT2D eigenvalue weighted by Gasteiger charge is 2.54. The summed E-state index contributed by atoms with van der Waals surface area (Å²) in [5, 5.41) is 1.46. The van der Waals surface area contributed by atoms with Gasteiger partial charge in [0.2, 0.25) is 10.0 Å². The second kappa shape index (κ2) is 8.58. The van der Waals surface area contributed by atoms with E-state index in [1.165, 1.54) is 0 Å². The van der Waals surface area contributed by atoms with Gasteiger partial charge in [0.1, 0.15) is 0 Å². The summed E-state index contributed by atoms with van der Waals surface area (Å²) in [6.07, 6.45) is 8.60. The van der Waals surface area contributed by atoms with Crippen LogP contribution in [-0.4, -0.2) is 23.5 Å². The Hall–Kier alpha value is -1.07. The molecule has 1 saturated heterocycles. The van der Waals surface area contributed by atoms with Crippen LogP contribution < -0.4 is 0 Å². The van der Waals surface area contributed by atoms with Gasteiger partial charge in [0.25, 0.3) is 0 Å². The first-order valence-corrected chi connectivity index (χ1v) is 12.3. The zero-order valence-electron chi connectivity index (χ0n) is 17.2.